The molecule has 10 heteroatoms. The maximum absolute atomic E-state index is 14.4. The highest BCUT2D eigenvalue weighted by molar-refractivity contribution is 5.90. The van der Waals surface area contributed by atoms with Crippen molar-refractivity contribution in [3.8, 4) is 0 Å². The third kappa shape index (κ3) is 9.25. The highest BCUT2D eigenvalue weighted by Crippen LogP contribution is 2.23. The molecule has 0 aliphatic carbocycles. The number of nitrogens with one attached hydrogen (secondary N) is 2. The van der Waals surface area contributed by atoms with Crippen molar-refractivity contribution in [3.05, 3.63) is 53.5 Å². The minimum Gasteiger partial charge on any atom is -0.480 e. The van der Waals surface area contributed by atoms with Crippen molar-refractivity contribution in [2.24, 2.45) is 0 Å². The zero-order chi connectivity index (χ0) is 28.3. The van der Waals surface area contributed by atoms with E-state index in [0.29, 0.717) is 18.7 Å². The number of fused-ring (bicyclic) bond motifs is 1. The first kappa shape index (κ1) is 30.4. The Morgan fingerprint density at radius 1 is 1.26 bits per heavy atom. The zero-order valence-electron chi connectivity index (χ0n) is 23.3. The number of ether oxygens (including phenoxy) is 1. The van der Waals surface area contributed by atoms with Gasteiger partial charge in [-0.2, -0.15) is 0 Å². The number of methoxy groups -OCH3 is 1. The molecule has 2 aromatic rings. The molecule has 39 heavy (non-hydrogen) atoms. The molecular formula is C29H42FN5O4. The number of carboxylic acids is 1. The molecule has 0 bridgehead atoms. The summed E-state index contributed by atoms with van der Waals surface area (Å²) in [6.07, 6.45) is 6.86. The van der Waals surface area contributed by atoms with Crippen molar-refractivity contribution in [1.82, 2.24) is 20.2 Å². The van der Waals surface area contributed by atoms with Crippen molar-refractivity contribution in [2.45, 2.75) is 70.0 Å². The number of aliphatic carboxylic acids is 1. The molecule has 1 aliphatic rings. The standard InChI is InChI=1S/C29H42FN5O4/c1-29(2,22-9-7-14-31-18-22)28(38)34-25(27(36)37)13-17-35(19-23(30)20-39-3)16-5-4-10-24-12-11-21-8-6-15-32-26(21)33-24/h7,9,11-12,14,18,23,25H,4-6,8,10,13,15-17,19-20H2,1-3H3,(H,32,33)(H,34,38)(H,36,37). The van der Waals surface area contributed by atoms with Crippen LogP contribution in [-0.4, -0.2) is 84.0 Å². The Morgan fingerprint density at radius 2 is 2.08 bits per heavy atom. The van der Waals surface area contributed by atoms with Gasteiger partial charge in [0, 0.05) is 44.8 Å². The van der Waals surface area contributed by atoms with Gasteiger partial charge in [-0.3, -0.25) is 9.78 Å². The number of halogens is 1. The van der Waals surface area contributed by atoms with Gasteiger partial charge in [0.05, 0.1) is 12.0 Å². The van der Waals surface area contributed by atoms with Crippen LogP contribution in [0.5, 0.6) is 0 Å². The molecule has 3 N–H and O–H groups in total. The van der Waals surface area contributed by atoms with E-state index in [1.54, 1.807) is 38.4 Å². The summed E-state index contributed by atoms with van der Waals surface area (Å²) in [5.41, 5.74) is 2.02. The SMILES string of the molecule is COCC(F)CN(CCCCc1ccc2c(n1)NCCC2)CCC(NC(=O)C(C)(C)c1cccnc1)C(=O)O. The second-order valence-electron chi connectivity index (χ2n) is 10.7. The summed E-state index contributed by atoms with van der Waals surface area (Å²) in [6.45, 7) is 5.46. The van der Waals surface area contributed by atoms with Gasteiger partial charge in [-0.15, -0.1) is 0 Å². The fourth-order valence-electron chi connectivity index (χ4n) is 4.73. The van der Waals surface area contributed by atoms with Crippen LogP contribution < -0.4 is 10.6 Å². The fourth-order valence-corrected chi connectivity index (χ4v) is 4.73. The number of hydrogen-bond donors (Lipinski definition) is 3. The average molecular weight is 544 g/mol. The molecule has 1 amide bonds. The molecule has 0 saturated carbocycles. The lowest BCUT2D eigenvalue weighted by Gasteiger charge is -2.28. The maximum atomic E-state index is 14.4. The van der Waals surface area contributed by atoms with E-state index < -0.39 is 29.5 Å². The summed E-state index contributed by atoms with van der Waals surface area (Å²) in [6, 6.07) is 6.65. The van der Waals surface area contributed by atoms with E-state index in [-0.39, 0.29) is 19.6 Å². The summed E-state index contributed by atoms with van der Waals surface area (Å²) in [7, 11) is 1.46. The van der Waals surface area contributed by atoms with Gasteiger partial charge in [-0.1, -0.05) is 12.1 Å². The molecule has 0 aromatic carbocycles. The Bertz CT molecular complexity index is 1070. The third-order valence-corrected chi connectivity index (χ3v) is 7.20. The Kier molecular flexibility index (Phi) is 11.6. The molecule has 9 nitrogen and oxygen atoms in total. The zero-order valence-corrected chi connectivity index (χ0v) is 23.3. The normalized spacial score (nSPS) is 14.8. The smallest absolute Gasteiger partial charge is 0.326 e. The molecule has 2 aromatic heterocycles. The Balaban J connectivity index is 1.54. The molecule has 0 fully saturated rings. The number of aryl methyl sites for hydroxylation is 2. The van der Waals surface area contributed by atoms with E-state index in [2.05, 4.69) is 27.8 Å². The van der Waals surface area contributed by atoms with Crippen molar-refractivity contribution < 1.29 is 23.8 Å². The van der Waals surface area contributed by atoms with E-state index in [4.69, 9.17) is 9.72 Å². The molecule has 3 rings (SSSR count). The van der Waals surface area contributed by atoms with E-state index >= 15 is 0 Å². The summed E-state index contributed by atoms with van der Waals surface area (Å²) in [4.78, 5) is 35.7. The molecular weight excluding hydrogens is 501 g/mol. The maximum Gasteiger partial charge on any atom is 0.326 e. The number of carboxylic acid groups (broad SMARTS) is 1. The molecule has 3 heterocycles. The van der Waals surface area contributed by atoms with Crippen LogP contribution in [0.25, 0.3) is 0 Å². The molecule has 0 radical (unpaired) electrons. The Labute approximate surface area is 230 Å². The number of hydrogen-bond acceptors (Lipinski definition) is 7. The van der Waals surface area contributed by atoms with Gasteiger partial charge in [0.1, 0.15) is 18.0 Å². The first-order chi connectivity index (χ1) is 18.7. The lowest BCUT2D eigenvalue weighted by atomic mass is 9.84. The van der Waals surface area contributed by atoms with Crippen LogP contribution in [0, 0.1) is 0 Å². The van der Waals surface area contributed by atoms with Crippen molar-refractivity contribution in [3.63, 3.8) is 0 Å². The molecule has 214 valence electrons. The number of anilines is 1. The first-order valence-corrected chi connectivity index (χ1v) is 13.7. The topological polar surface area (TPSA) is 117 Å². The number of pyridine rings is 2. The molecule has 1 aliphatic heterocycles. The summed E-state index contributed by atoms with van der Waals surface area (Å²) < 4.78 is 19.4. The van der Waals surface area contributed by atoms with E-state index in [1.165, 1.54) is 12.7 Å². The lowest BCUT2D eigenvalue weighted by molar-refractivity contribution is -0.142. The van der Waals surface area contributed by atoms with Crippen molar-refractivity contribution >= 4 is 17.7 Å². The third-order valence-electron chi connectivity index (χ3n) is 7.20. The van der Waals surface area contributed by atoms with E-state index in [0.717, 1.165) is 50.2 Å². The monoisotopic (exact) mass is 543 g/mol. The van der Waals surface area contributed by atoms with Crippen LogP contribution >= 0.6 is 0 Å². The second-order valence-corrected chi connectivity index (χ2v) is 10.7. The lowest BCUT2D eigenvalue weighted by Crippen LogP contribution is -2.49. The first-order valence-electron chi connectivity index (χ1n) is 13.7. The number of unbranched alkanes of at least 4 members (excludes halogenated alkanes) is 1. The number of amides is 1. The van der Waals surface area contributed by atoms with E-state index in [9.17, 15) is 19.1 Å². The Morgan fingerprint density at radius 3 is 2.79 bits per heavy atom. The van der Waals surface area contributed by atoms with Crippen LogP contribution in [0.2, 0.25) is 0 Å². The highest BCUT2D eigenvalue weighted by Gasteiger charge is 2.33. The van der Waals surface area contributed by atoms with Gasteiger partial charge in [0.15, 0.2) is 0 Å². The highest BCUT2D eigenvalue weighted by atomic mass is 19.1. The Hall–Kier alpha value is -3.11. The summed E-state index contributed by atoms with van der Waals surface area (Å²) >= 11 is 0. The number of aromatic nitrogens is 2. The number of rotatable bonds is 16. The van der Waals surface area contributed by atoms with Crippen LogP contribution in [0.3, 0.4) is 0 Å². The predicted octanol–water partition coefficient (Wildman–Crippen LogP) is 3.38. The van der Waals surface area contributed by atoms with Crippen LogP contribution in [0.15, 0.2) is 36.7 Å². The van der Waals surface area contributed by atoms with Gasteiger partial charge in [0.2, 0.25) is 5.91 Å². The van der Waals surface area contributed by atoms with Crippen LogP contribution in [0.1, 0.15) is 56.4 Å². The van der Waals surface area contributed by atoms with Crippen molar-refractivity contribution in [1.29, 1.82) is 0 Å². The molecule has 2 unspecified atom stereocenters. The fraction of sp³-hybridized carbons (Fsp3) is 0.586. The van der Waals surface area contributed by atoms with Gasteiger partial charge < -0.3 is 25.4 Å². The quantitative estimate of drug-likeness (QED) is 0.276. The number of carbonyl (C=O) groups excluding carboxylic acids is 1. The van der Waals surface area contributed by atoms with Crippen LogP contribution in [-0.2, 0) is 32.6 Å². The van der Waals surface area contributed by atoms with Crippen molar-refractivity contribution in [2.75, 3.05) is 45.2 Å². The van der Waals surface area contributed by atoms with Gasteiger partial charge >= 0.3 is 5.97 Å². The summed E-state index contributed by atoms with van der Waals surface area (Å²) in [5, 5.41) is 15.8. The number of carbonyl (C=O) groups is 2. The predicted molar refractivity (Wildman–Crippen MR) is 149 cm³/mol. The number of nitrogens with zero attached hydrogens (tertiary/aromatic N) is 3. The van der Waals surface area contributed by atoms with E-state index in [1.807, 2.05) is 4.90 Å². The summed E-state index contributed by atoms with van der Waals surface area (Å²) in [5.74, 6) is -0.538. The minimum atomic E-state index is -1.19. The molecule has 2 atom stereocenters. The van der Waals surface area contributed by atoms with Gasteiger partial charge in [-0.05, 0) is 82.2 Å². The van der Waals surface area contributed by atoms with Gasteiger partial charge in [0.25, 0.3) is 0 Å². The average Bonchev–Trinajstić information content (AvgIpc) is 2.93. The second kappa shape index (κ2) is 14.9. The molecule has 0 saturated heterocycles. The van der Waals surface area contributed by atoms with Gasteiger partial charge in [-0.25, -0.2) is 14.2 Å². The largest absolute Gasteiger partial charge is 0.480 e. The number of alkyl halides is 1. The van der Waals surface area contributed by atoms with Crippen LogP contribution in [0.4, 0.5) is 10.2 Å². The molecule has 0 spiro atoms. The minimum absolute atomic E-state index is 0.0268.